The third-order valence-corrected chi connectivity index (χ3v) is 4.03. The zero-order valence-electron chi connectivity index (χ0n) is 12.4. The van der Waals surface area contributed by atoms with Gasteiger partial charge in [-0.25, -0.2) is 9.80 Å². The molecule has 22 heavy (non-hydrogen) atoms. The van der Waals surface area contributed by atoms with Gasteiger partial charge in [-0.2, -0.15) is 10.2 Å². The molecule has 0 fully saturated rings. The fourth-order valence-electron chi connectivity index (χ4n) is 2.90. The minimum absolute atomic E-state index is 0.134. The molecule has 0 unspecified atom stereocenters. The second-order valence-electron chi connectivity index (χ2n) is 5.55. The number of hydrazone groups is 1. The molecule has 0 saturated carbocycles. The van der Waals surface area contributed by atoms with Crippen molar-refractivity contribution in [1.82, 2.24) is 19.7 Å². The lowest BCUT2D eigenvalue weighted by Gasteiger charge is -2.30. The van der Waals surface area contributed by atoms with E-state index in [2.05, 4.69) is 10.2 Å². The van der Waals surface area contributed by atoms with Gasteiger partial charge in [0, 0.05) is 25.1 Å². The Labute approximate surface area is 126 Å². The molecule has 9 nitrogen and oxygen atoms in total. The summed E-state index contributed by atoms with van der Waals surface area (Å²) in [5.74, 6) is -0.350. The van der Waals surface area contributed by atoms with Crippen molar-refractivity contribution >= 4 is 17.7 Å². The van der Waals surface area contributed by atoms with E-state index in [1.54, 1.807) is 0 Å². The summed E-state index contributed by atoms with van der Waals surface area (Å²) >= 11 is 0. The first-order chi connectivity index (χ1) is 10.4. The minimum Gasteiger partial charge on any atom is -0.465 e. The molecule has 2 aliphatic heterocycles. The second kappa shape index (κ2) is 5.09. The SMILES string of the molecule is C[C@@H]1Cc2nn3c(c2CN1C(=O)O)C(=O)N(C)N=C(CO)C3. The molecule has 2 N–H and O–H groups in total. The molecule has 0 aromatic carbocycles. The molecule has 9 heteroatoms. The Balaban J connectivity index is 2.08. The standard InChI is InChI=1S/C13H17N5O4/c1-7-3-10-9(5-17(7)13(21)22)11-12(20)16(2)14-8(6-19)4-18(11)15-10/h7,19H,3-6H2,1-2H3,(H,21,22)/t7-/m1/s1. The average molecular weight is 307 g/mol. The number of rotatable bonds is 1. The highest BCUT2D eigenvalue weighted by Crippen LogP contribution is 2.27. The molecule has 1 atom stereocenters. The van der Waals surface area contributed by atoms with Crippen LogP contribution in [0.15, 0.2) is 5.10 Å². The van der Waals surface area contributed by atoms with Crippen molar-refractivity contribution in [2.75, 3.05) is 13.7 Å². The molecule has 2 amide bonds. The van der Waals surface area contributed by atoms with Gasteiger partial charge in [0.25, 0.3) is 5.91 Å². The fraction of sp³-hybridized carbons (Fsp3) is 0.538. The van der Waals surface area contributed by atoms with Gasteiger partial charge in [0.2, 0.25) is 0 Å². The number of aromatic nitrogens is 2. The molecular formula is C13H17N5O4. The van der Waals surface area contributed by atoms with Crippen LogP contribution in [-0.2, 0) is 19.5 Å². The van der Waals surface area contributed by atoms with Crippen molar-refractivity contribution in [3.8, 4) is 0 Å². The summed E-state index contributed by atoms with van der Waals surface area (Å²) in [4.78, 5) is 25.1. The lowest BCUT2D eigenvalue weighted by Crippen LogP contribution is -2.42. The molecule has 0 spiro atoms. The second-order valence-corrected chi connectivity index (χ2v) is 5.55. The zero-order chi connectivity index (χ0) is 16.0. The number of fused-ring (bicyclic) bond motifs is 3. The van der Waals surface area contributed by atoms with Crippen LogP contribution in [0.3, 0.4) is 0 Å². The third kappa shape index (κ3) is 2.13. The Hall–Kier alpha value is -2.42. The first-order valence-electron chi connectivity index (χ1n) is 6.95. The predicted octanol–water partition coefficient (Wildman–Crippen LogP) is -0.258. The molecule has 2 aliphatic rings. The number of amides is 2. The number of nitrogens with zero attached hydrogens (tertiary/aromatic N) is 5. The van der Waals surface area contributed by atoms with Crippen molar-refractivity contribution in [3.63, 3.8) is 0 Å². The smallest absolute Gasteiger partial charge is 0.407 e. The van der Waals surface area contributed by atoms with E-state index in [4.69, 9.17) is 0 Å². The molecule has 0 bridgehead atoms. The lowest BCUT2D eigenvalue weighted by atomic mass is 10.00. The number of hydrogen-bond acceptors (Lipinski definition) is 5. The summed E-state index contributed by atoms with van der Waals surface area (Å²) in [6, 6.07) is -0.192. The summed E-state index contributed by atoms with van der Waals surface area (Å²) < 4.78 is 1.52. The van der Waals surface area contributed by atoms with Crippen molar-refractivity contribution in [1.29, 1.82) is 0 Å². The first-order valence-corrected chi connectivity index (χ1v) is 6.95. The van der Waals surface area contributed by atoms with E-state index >= 15 is 0 Å². The van der Waals surface area contributed by atoms with Crippen LogP contribution < -0.4 is 0 Å². The van der Waals surface area contributed by atoms with Crippen LogP contribution in [0.25, 0.3) is 0 Å². The largest absolute Gasteiger partial charge is 0.465 e. The maximum atomic E-state index is 12.5. The van der Waals surface area contributed by atoms with E-state index in [9.17, 15) is 19.8 Å². The highest BCUT2D eigenvalue weighted by molar-refractivity contribution is 5.98. The van der Waals surface area contributed by atoms with Gasteiger partial charge in [-0.3, -0.25) is 9.48 Å². The van der Waals surface area contributed by atoms with Crippen LogP contribution in [0, 0.1) is 0 Å². The highest BCUT2D eigenvalue weighted by atomic mass is 16.4. The van der Waals surface area contributed by atoms with E-state index in [-0.39, 0.29) is 31.6 Å². The number of aliphatic hydroxyl groups is 1. The van der Waals surface area contributed by atoms with Gasteiger partial charge in [-0.05, 0) is 6.92 Å². The summed E-state index contributed by atoms with van der Waals surface area (Å²) in [7, 11) is 1.51. The Morgan fingerprint density at radius 3 is 2.77 bits per heavy atom. The van der Waals surface area contributed by atoms with E-state index in [1.807, 2.05) is 6.92 Å². The number of carbonyl (C=O) groups is 2. The number of carbonyl (C=O) groups excluding carboxylic acids is 1. The molecular weight excluding hydrogens is 290 g/mol. The molecule has 0 radical (unpaired) electrons. The molecule has 3 heterocycles. The van der Waals surface area contributed by atoms with Crippen molar-refractivity contribution < 1.29 is 19.8 Å². The molecule has 118 valence electrons. The van der Waals surface area contributed by atoms with Gasteiger partial charge in [0.1, 0.15) is 5.69 Å². The fourth-order valence-corrected chi connectivity index (χ4v) is 2.90. The van der Waals surface area contributed by atoms with Gasteiger partial charge in [-0.15, -0.1) is 0 Å². The van der Waals surface area contributed by atoms with Gasteiger partial charge in [0.15, 0.2) is 0 Å². The quantitative estimate of drug-likeness (QED) is 0.742. The van der Waals surface area contributed by atoms with E-state index in [0.29, 0.717) is 23.4 Å². The zero-order valence-corrected chi connectivity index (χ0v) is 12.4. The van der Waals surface area contributed by atoms with E-state index < -0.39 is 6.09 Å². The Kier molecular flexibility index (Phi) is 3.36. The normalized spacial score (nSPS) is 21.1. The minimum atomic E-state index is -1.01. The summed E-state index contributed by atoms with van der Waals surface area (Å²) in [6.07, 6.45) is -0.552. The highest BCUT2D eigenvalue weighted by Gasteiger charge is 2.35. The first kappa shape index (κ1) is 14.5. The van der Waals surface area contributed by atoms with Crippen molar-refractivity contribution in [2.45, 2.75) is 32.5 Å². The number of aliphatic hydroxyl groups excluding tert-OH is 1. The van der Waals surface area contributed by atoms with Gasteiger partial charge < -0.3 is 15.1 Å². The molecule has 1 aromatic rings. The maximum absolute atomic E-state index is 12.5. The van der Waals surface area contributed by atoms with Gasteiger partial charge in [-0.1, -0.05) is 0 Å². The van der Waals surface area contributed by atoms with Crippen molar-refractivity contribution in [2.24, 2.45) is 5.10 Å². The Morgan fingerprint density at radius 1 is 1.41 bits per heavy atom. The van der Waals surface area contributed by atoms with Crippen LogP contribution in [0.1, 0.15) is 28.7 Å². The van der Waals surface area contributed by atoms with Crippen LogP contribution in [-0.4, -0.2) is 67.3 Å². The topological polar surface area (TPSA) is 111 Å². The Bertz CT molecular complexity index is 680. The number of hydrogen-bond donors (Lipinski definition) is 2. The molecule has 1 aromatic heterocycles. The number of carboxylic acid groups (broad SMARTS) is 1. The average Bonchev–Trinajstić information content (AvgIpc) is 2.75. The third-order valence-electron chi connectivity index (χ3n) is 4.03. The predicted molar refractivity (Wildman–Crippen MR) is 75.6 cm³/mol. The molecule has 0 saturated heterocycles. The molecule has 0 aliphatic carbocycles. The van der Waals surface area contributed by atoms with Crippen LogP contribution in [0.5, 0.6) is 0 Å². The monoisotopic (exact) mass is 307 g/mol. The van der Waals surface area contributed by atoms with Gasteiger partial charge in [0.05, 0.1) is 31.1 Å². The summed E-state index contributed by atoms with van der Waals surface area (Å²) in [6.45, 7) is 1.90. The van der Waals surface area contributed by atoms with Gasteiger partial charge >= 0.3 is 6.09 Å². The van der Waals surface area contributed by atoms with Crippen LogP contribution in [0.4, 0.5) is 4.79 Å². The van der Waals surface area contributed by atoms with Crippen LogP contribution in [0.2, 0.25) is 0 Å². The van der Waals surface area contributed by atoms with E-state index in [1.165, 1.54) is 16.6 Å². The Morgan fingerprint density at radius 2 is 2.14 bits per heavy atom. The lowest BCUT2D eigenvalue weighted by molar-refractivity contribution is 0.0786. The van der Waals surface area contributed by atoms with E-state index in [0.717, 1.165) is 10.7 Å². The maximum Gasteiger partial charge on any atom is 0.407 e. The summed E-state index contributed by atoms with van der Waals surface area (Å²) in [5, 5.41) is 28.2. The van der Waals surface area contributed by atoms with Crippen molar-refractivity contribution in [3.05, 3.63) is 17.0 Å². The summed E-state index contributed by atoms with van der Waals surface area (Å²) in [5.41, 5.74) is 2.15. The molecule has 3 rings (SSSR count). The van der Waals surface area contributed by atoms with Crippen LogP contribution >= 0.6 is 0 Å².